The molecule has 37 heavy (non-hydrogen) atoms. The summed E-state index contributed by atoms with van der Waals surface area (Å²) in [6.07, 6.45) is 0.144. The van der Waals surface area contributed by atoms with Crippen LogP contribution in [-0.2, 0) is 21.2 Å². The molecular formula is C29H27ClN2O4S. The molecule has 0 spiro atoms. The van der Waals surface area contributed by atoms with Crippen molar-refractivity contribution in [1.82, 2.24) is 10.0 Å². The van der Waals surface area contributed by atoms with Gasteiger partial charge in [0.05, 0.1) is 13.2 Å². The van der Waals surface area contributed by atoms with Gasteiger partial charge in [-0.3, -0.25) is 4.79 Å². The van der Waals surface area contributed by atoms with Gasteiger partial charge in [0.15, 0.2) is 0 Å². The lowest BCUT2D eigenvalue weighted by Gasteiger charge is -2.25. The van der Waals surface area contributed by atoms with Gasteiger partial charge in [0.2, 0.25) is 15.9 Å². The Labute approximate surface area is 222 Å². The fourth-order valence-electron chi connectivity index (χ4n) is 4.04. The predicted octanol–water partition coefficient (Wildman–Crippen LogP) is 5.14. The van der Waals surface area contributed by atoms with Crippen molar-refractivity contribution < 1.29 is 17.9 Å². The number of ether oxygens (including phenoxy) is 1. The Kier molecular flexibility index (Phi) is 8.61. The van der Waals surface area contributed by atoms with E-state index in [9.17, 15) is 13.2 Å². The molecule has 8 heteroatoms. The highest BCUT2D eigenvalue weighted by Gasteiger charge is 2.30. The Balaban J connectivity index is 1.69. The van der Waals surface area contributed by atoms with Crippen LogP contribution in [0.3, 0.4) is 0 Å². The first-order valence-electron chi connectivity index (χ1n) is 11.7. The van der Waals surface area contributed by atoms with E-state index in [1.807, 2.05) is 91.0 Å². The average Bonchev–Trinajstić information content (AvgIpc) is 2.92. The molecule has 4 rings (SSSR count). The molecule has 0 aliphatic heterocycles. The summed E-state index contributed by atoms with van der Waals surface area (Å²) in [5, 5.41) is 3.30. The van der Waals surface area contributed by atoms with Gasteiger partial charge in [0.1, 0.15) is 16.7 Å². The van der Waals surface area contributed by atoms with Crippen molar-refractivity contribution in [2.75, 3.05) is 7.11 Å². The molecule has 190 valence electrons. The quantitative estimate of drug-likeness (QED) is 0.295. The van der Waals surface area contributed by atoms with Gasteiger partial charge in [-0.15, -0.1) is 0 Å². The predicted molar refractivity (Wildman–Crippen MR) is 145 cm³/mol. The third kappa shape index (κ3) is 6.77. The molecule has 0 aromatic heterocycles. The number of hydrogen-bond acceptors (Lipinski definition) is 4. The molecule has 0 saturated heterocycles. The SMILES string of the molecule is COc1ccc(Cl)cc1S(=O)(=O)N[C@@H](Cc1ccccc1)C(=O)NC(c1ccccc1)c1ccccc1. The zero-order chi connectivity index (χ0) is 26.3. The average molecular weight is 535 g/mol. The van der Waals surface area contributed by atoms with Crippen molar-refractivity contribution in [2.24, 2.45) is 0 Å². The van der Waals surface area contributed by atoms with E-state index in [2.05, 4.69) is 10.0 Å². The number of carbonyl (C=O) groups is 1. The van der Waals surface area contributed by atoms with Crippen molar-refractivity contribution in [3.8, 4) is 5.75 Å². The number of benzene rings is 4. The molecule has 0 fully saturated rings. The zero-order valence-corrected chi connectivity index (χ0v) is 21.7. The highest BCUT2D eigenvalue weighted by molar-refractivity contribution is 7.89. The molecule has 4 aromatic rings. The third-order valence-corrected chi connectivity index (χ3v) is 7.59. The van der Waals surface area contributed by atoms with Crippen LogP contribution in [0.2, 0.25) is 5.02 Å². The highest BCUT2D eigenvalue weighted by atomic mass is 35.5. The van der Waals surface area contributed by atoms with Gasteiger partial charge < -0.3 is 10.1 Å². The summed E-state index contributed by atoms with van der Waals surface area (Å²) >= 11 is 6.09. The summed E-state index contributed by atoms with van der Waals surface area (Å²) in [4.78, 5) is 13.6. The second kappa shape index (κ2) is 12.1. The van der Waals surface area contributed by atoms with Gasteiger partial charge in [0, 0.05) is 5.02 Å². The molecule has 4 aromatic carbocycles. The van der Waals surface area contributed by atoms with Gasteiger partial charge in [-0.1, -0.05) is 103 Å². The fourth-order valence-corrected chi connectivity index (χ4v) is 5.67. The second-order valence-corrected chi connectivity index (χ2v) is 10.5. The molecule has 0 heterocycles. The van der Waals surface area contributed by atoms with Gasteiger partial charge >= 0.3 is 0 Å². The van der Waals surface area contributed by atoms with Crippen LogP contribution in [0.25, 0.3) is 0 Å². The number of methoxy groups -OCH3 is 1. The Morgan fingerprint density at radius 2 is 1.38 bits per heavy atom. The maximum atomic E-state index is 13.7. The lowest BCUT2D eigenvalue weighted by Crippen LogP contribution is -2.49. The van der Waals surface area contributed by atoms with Crippen molar-refractivity contribution in [3.63, 3.8) is 0 Å². The summed E-state index contributed by atoms with van der Waals surface area (Å²) < 4.78 is 34.8. The van der Waals surface area contributed by atoms with Crippen LogP contribution in [0.5, 0.6) is 5.75 Å². The Hall–Kier alpha value is -3.65. The first-order valence-corrected chi connectivity index (χ1v) is 13.5. The van der Waals surface area contributed by atoms with Crippen molar-refractivity contribution in [2.45, 2.75) is 23.4 Å². The van der Waals surface area contributed by atoms with Crippen LogP contribution in [0.15, 0.2) is 114 Å². The molecular weight excluding hydrogens is 508 g/mol. The van der Waals surface area contributed by atoms with Crippen LogP contribution in [0.1, 0.15) is 22.7 Å². The molecule has 0 radical (unpaired) electrons. The molecule has 2 N–H and O–H groups in total. The topological polar surface area (TPSA) is 84.5 Å². The third-order valence-electron chi connectivity index (χ3n) is 5.86. The Morgan fingerprint density at radius 1 is 0.838 bits per heavy atom. The lowest BCUT2D eigenvalue weighted by molar-refractivity contribution is -0.123. The van der Waals surface area contributed by atoms with Crippen molar-refractivity contribution in [1.29, 1.82) is 0 Å². The van der Waals surface area contributed by atoms with E-state index in [4.69, 9.17) is 16.3 Å². The van der Waals surface area contributed by atoms with Gasteiger partial charge in [-0.2, -0.15) is 4.72 Å². The van der Waals surface area contributed by atoms with Crippen LogP contribution in [-0.4, -0.2) is 27.5 Å². The molecule has 0 bridgehead atoms. The molecule has 0 aliphatic rings. The summed E-state index contributed by atoms with van der Waals surface area (Å²) in [7, 11) is -2.80. The van der Waals surface area contributed by atoms with Crippen LogP contribution in [0, 0.1) is 0 Å². The Bertz CT molecular complexity index is 1390. The van der Waals surface area contributed by atoms with Crippen molar-refractivity contribution >= 4 is 27.5 Å². The first kappa shape index (κ1) is 26.4. The first-order chi connectivity index (χ1) is 17.9. The van der Waals surface area contributed by atoms with E-state index in [1.54, 1.807) is 0 Å². The number of nitrogens with one attached hydrogen (secondary N) is 2. The molecule has 1 amide bonds. The zero-order valence-electron chi connectivity index (χ0n) is 20.2. The van der Waals surface area contributed by atoms with Gasteiger partial charge in [-0.25, -0.2) is 8.42 Å². The minimum absolute atomic E-state index is 0.127. The monoisotopic (exact) mass is 534 g/mol. The van der Waals surface area contributed by atoms with Gasteiger partial charge in [0.25, 0.3) is 0 Å². The maximum absolute atomic E-state index is 13.7. The highest BCUT2D eigenvalue weighted by Crippen LogP contribution is 2.28. The number of hydrogen-bond donors (Lipinski definition) is 2. The Morgan fingerprint density at radius 3 is 1.92 bits per heavy atom. The summed E-state index contributed by atoms with van der Waals surface area (Å²) in [5.74, 6) is -0.339. The maximum Gasteiger partial charge on any atom is 0.245 e. The van der Waals surface area contributed by atoms with Crippen LogP contribution in [0.4, 0.5) is 0 Å². The number of rotatable bonds is 10. The molecule has 0 saturated carbocycles. The molecule has 6 nitrogen and oxygen atoms in total. The van der Waals surface area contributed by atoms with E-state index in [0.29, 0.717) is 0 Å². The van der Waals surface area contributed by atoms with E-state index in [-0.39, 0.29) is 22.1 Å². The van der Waals surface area contributed by atoms with Crippen molar-refractivity contribution in [3.05, 3.63) is 131 Å². The van der Waals surface area contributed by atoms with E-state index < -0.39 is 28.0 Å². The number of sulfonamides is 1. The summed E-state index contributed by atoms with van der Waals surface area (Å²) in [5.41, 5.74) is 2.55. The van der Waals surface area contributed by atoms with Crippen LogP contribution >= 0.6 is 11.6 Å². The smallest absolute Gasteiger partial charge is 0.245 e. The largest absolute Gasteiger partial charge is 0.495 e. The minimum Gasteiger partial charge on any atom is -0.495 e. The van der Waals surface area contributed by atoms with E-state index in [0.717, 1.165) is 16.7 Å². The molecule has 0 unspecified atom stereocenters. The molecule has 1 atom stereocenters. The minimum atomic E-state index is -4.18. The fraction of sp³-hybridized carbons (Fsp3) is 0.138. The van der Waals surface area contributed by atoms with E-state index in [1.165, 1.54) is 25.3 Å². The second-order valence-electron chi connectivity index (χ2n) is 8.42. The number of halogens is 1. The molecule has 0 aliphatic carbocycles. The number of carbonyl (C=O) groups excluding carboxylic acids is 1. The normalized spacial score (nSPS) is 12.2. The summed E-state index contributed by atoms with van der Waals surface area (Å²) in [6.45, 7) is 0. The van der Waals surface area contributed by atoms with Crippen LogP contribution < -0.4 is 14.8 Å². The summed E-state index contributed by atoms with van der Waals surface area (Å²) in [6, 6.07) is 31.1. The van der Waals surface area contributed by atoms with Gasteiger partial charge in [-0.05, 0) is 41.3 Å². The standard InChI is InChI=1S/C29H27ClN2O4S/c1-36-26-18-17-24(30)20-27(26)37(34,35)32-25(19-21-11-5-2-6-12-21)29(33)31-28(22-13-7-3-8-14-22)23-15-9-4-10-16-23/h2-18,20,25,28,32H,19H2,1H3,(H,31,33)/t25-/m0/s1. The lowest BCUT2D eigenvalue weighted by atomic mass is 9.97. The van der Waals surface area contributed by atoms with E-state index >= 15 is 0 Å². The number of amides is 1.